The van der Waals surface area contributed by atoms with Crippen LogP contribution in [0.15, 0.2) is 12.4 Å². The zero-order chi connectivity index (χ0) is 10.6. The lowest BCUT2D eigenvalue weighted by Gasteiger charge is -2.11. The molecule has 1 heterocycles. The Morgan fingerprint density at radius 2 is 2.07 bits per heavy atom. The molecule has 1 atom stereocenters. The Labute approximate surface area is 85.8 Å². The van der Waals surface area contributed by atoms with E-state index in [1.807, 2.05) is 10.9 Å². The Balaban J connectivity index is 2.58. The fraction of sp³-hybridized carbons (Fsp3) is 0.727. The van der Waals surface area contributed by atoms with Crippen molar-refractivity contribution in [1.82, 2.24) is 9.78 Å². The summed E-state index contributed by atoms with van der Waals surface area (Å²) >= 11 is 0. The first-order valence-corrected chi connectivity index (χ1v) is 5.37. The fourth-order valence-electron chi connectivity index (χ4n) is 1.51. The number of aliphatic hydroxyl groups is 1. The number of aliphatic hydroxyl groups excluding tert-OH is 1. The fourth-order valence-corrected chi connectivity index (χ4v) is 1.51. The van der Waals surface area contributed by atoms with Crippen molar-refractivity contribution in [2.75, 3.05) is 0 Å². The van der Waals surface area contributed by atoms with Crippen LogP contribution in [0.25, 0.3) is 0 Å². The van der Waals surface area contributed by atoms with Crippen LogP contribution in [0.4, 0.5) is 0 Å². The Morgan fingerprint density at radius 3 is 2.50 bits per heavy atom. The van der Waals surface area contributed by atoms with Gasteiger partial charge < -0.3 is 5.11 Å². The highest BCUT2D eigenvalue weighted by atomic mass is 16.3. The third-order valence-corrected chi connectivity index (χ3v) is 2.74. The first kappa shape index (κ1) is 11.2. The third-order valence-electron chi connectivity index (χ3n) is 2.74. The SMILES string of the molecule is CCC(CC)Cn1cc(C(C)O)cn1. The van der Waals surface area contributed by atoms with Gasteiger partial charge in [0.25, 0.3) is 0 Å². The lowest BCUT2D eigenvalue weighted by atomic mass is 10.0. The monoisotopic (exact) mass is 196 g/mol. The lowest BCUT2D eigenvalue weighted by Crippen LogP contribution is -2.09. The standard InChI is InChI=1S/C11H20N2O/c1-4-10(5-2)7-13-8-11(6-12-13)9(3)14/h6,8-10,14H,4-5,7H2,1-3H3. The molecule has 0 radical (unpaired) electrons. The molecule has 1 rings (SSSR count). The number of hydrogen-bond acceptors (Lipinski definition) is 2. The van der Waals surface area contributed by atoms with Crippen LogP contribution >= 0.6 is 0 Å². The van der Waals surface area contributed by atoms with Crippen LogP contribution in [0.1, 0.15) is 45.3 Å². The molecule has 0 fully saturated rings. The summed E-state index contributed by atoms with van der Waals surface area (Å²) in [6.07, 6.45) is 5.63. The molecule has 0 aromatic carbocycles. The van der Waals surface area contributed by atoms with Crippen molar-refractivity contribution in [3.8, 4) is 0 Å². The summed E-state index contributed by atoms with van der Waals surface area (Å²) in [6.45, 7) is 7.12. The average molecular weight is 196 g/mol. The Bertz CT molecular complexity index is 264. The summed E-state index contributed by atoms with van der Waals surface area (Å²) < 4.78 is 1.93. The van der Waals surface area contributed by atoms with E-state index in [0.29, 0.717) is 5.92 Å². The largest absolute Gasteiger partial charge is 0.389 e. The third kappa shape index (κ3) is 2.84. The van der Waals surface area contributed by atoms with Gasteiger partial charge in [0.05, 0.1) is 12.3 Å². The summed E-state index contributed by atoms with van der Waals surface area (Å²) in [5.41, 5.74) is 0.899. The van der Waals surface area contributed by atoms with Crippen LogP contribution < -0.4 is 0 Å². The van der Waals surface area contributed by atoms with Gasteiger partial charge in [0.2, 0.25) is 0 Å². The first-order valence-electron chi connectivity index (χ1n) is 5.37. The van der Waals surface area contributed by atoms with E-state index in [2.05, 4.69) is 18.9 Å². The molecule has 0 amide bonds. The van der Waals surface area contributed by atoms with Crippen molar-refractivity contribution in [3.05, 3.63) is 18.0 Å². The maximum absolute atomic E-state index is 9.33. The minimum atomic E-state index is -0.412. The van der Waals surface area contributed by atoms with Gasteiger partial charge in [0.15, 0.2) is 0 Å². The highest BCUT2D eigenvalue weighted by Gasteiger charge is 2.07. The van der Waals surface area contributed by atoms with Crippen LogP contribution in [0, 0.1) is 5.92 Å². The van der Waals surface area contributed by atoms with Gasteiger partial charge in [-0.2, -0.15) is 5.10 Å². The van der Waals surface area contributed by atoms with E-state index in [-0.39, 0.29) is 0 Å². The minimum Gasteiger partial charge on any atom is -0.389 e. The second kappa shape index (κ2) is 5.15. The van der Waals surface area contributed by atoms with E-state index < -0.39 is 6.10 Å². The quantitative estimate of drug-likeness (QED) is 0.785. The van der Waals surface area contributed by atoms with E-state index >= 15 is 0 Å². The molecular weight excluding hydrogens is 176 g/mol. The molecule has 14 heavy (non-hydrogen) atoms. The molecule has 0 saturated carbocycles. The second-order valence-corrected chi connectivity index (χ2v) is 3.85. The van der Waals surface area contributed by atoms with E-state index in [9.17, 15) is 5.11 Å². The highest BCUT2D eigenvalue weighted by molar-refractivity contribution is 5.06. The molecule has 0 spiro atoms. The van der Waals surface area contributed by atoms with E-state index in [1.54, 1.807) is 13.1 Å². The van der Waals surface area contributed by atoms with Crippen molar-refractivity contribution in [2.45, 2.75) is 46.3 Å². The zero-order valence-electron chi connectivity index (χ0n) is 9.27. The van der Waals surface area contributed by atoms with Gasteiger partial charge in [-0.15, -0.1) is 0 Å². The van der Waals surface area contributed by atoms with E-state index in [1.165, 1.54) is 12.8 Å². The number of hydrogen-bond donors (Lipinski definition) is 1. The highest BCUT2D eigenvalue weighted by Crippen LogP contribution is 2.13. The maximum atomic E-state index is 9.33. The topological polar surface area (TPSA) is 38.0 Å². The van der Waals surface area contributed by atoms with Gasteiger partial charge in [0.1, 0.15) is 0 Å². The first-order chi connectivity index (χ1) is 6.67. The van der Waals surface area contributed by atoms with Gasteiger partial charge in [-0.1, -0.05) is 26.7 Å². The van der Waals surface area contributed by atoms with Crippen LogP contribution in [-0.4, -0.2) is 14.9 Å². The number of nitrogens with zero attached hydrogens (tertiary/aromatic N) is 2. The van der Waals surface area contributed by atoms with Gasteiger partial charge in [-0.3, -0.25) is 4.68 Å². The maximum Gasteiger partial charge on any atom is 0.0792 e. The molecule has 0 aliphatic carbocycles. The second-order valence-electron chi connectivity index (χ2n) is 3.85. The lowest BCUT2D eigenvalue weighted by molar-refractivity contribution is 0.199. The van der Waals surface area contributed by atoms with Crippen molar-refractivity contribution in [3.63, 3.8) is 0 Å². The van der Waals surface area contributed by atoms with Crippen molar-refractivity contribution in [1.29, 1.82) is 0 Å². The average Bonchev–Trinajstić information content (AvgIpc) is 2.62. The molecule has 1 unspecified atom stereocenters. The smallest absolute Gasteiger partial charge is 0.0792 e. The summed E-state index contributed by atoms with van der Waals surface area (Å²) in [6, 6.07) is 0. The predicted octanol–water partition coefficient (Wildman–Crippen LogP) is 2.37. The molecule has 1 N–H and O–H groups in total. The zero-order valence-corrected chi connectivity index (χ0v) is 9.27. The van der Waals surface area contributed by atoms with Crippen molar-refractivity contribution < 1.29 is 5.11 Å². The molecule has 1 aromatic heterocycles. The van der Waals surface area contributed by atoms with Crippen LogP contribution in [0.3, 0.4) is 0 Å². The Morgan fingerprint density at radius 1 is 1.43 bits per heavy atom. The van der Waals surface area contributed by atoms with Crippen molar-refractivity contribution in [2.24, 2.45) is 5.92 Å². The van der Waals surface area contributed by atoms with Crippen LogP contribution in [0.5, 0.6) is 0 Å². The Hall–Kier alpha value is -0.830. The van der Waals surface area contributed by atoms with Crippen LogP contribution in [0.2, 0.25) is 0 Å². The van der Waals surface area contributed by atoms with Gasteiger partial charge in [-0.05, 0) is 12.8 Å². The summed E-state index contributed by atoms with van der Waals surface area (Å²) in [5.74, 6) is 0.691. The molecule has 0 bridgehead atoms. The van der Waals surface area contributed by atoms with Gasteiger partial charge >= 0.3 is 0 Å². The molecule has 80 valence electrons. The molecular formula is C11H20N2O. The van der Waals surface area contributed by atoms with E-state index in [0.717, 1.165) is 12.1 Å². The predicted molar refractivity (Wildman–Crippen MR) is 56.9 cm³/mol. The minimum absolute atomic E-state index is 0.412. The Kier molecular flexibility index (Phi) is 4.14. The van der Waals surface area contributed by atoms with Crippen LogP contribution in [-0.2, 0) is 6.54 Å². The molecule has 0 aliphatic rings. The molecule has 3 heteroatoms. The molecule has 0 saturated heterocycles. The molecule has 1 aromatic rings. The number of rotatable bonds is 5. The summed E-state index contributed by atoms with van der Waals surface area (Å²) in [5, 5.41) is 13.6. The normalized spacial score (nSPS) is 13.5. The van der Waals surface area contributed by atoms with E-state index in [4.69, 9.17) is 0 Å². The molecule has 0 aliphatic heterocycles. The van der Waals surface area contributed by atoms with Crippen molar-refractivity contribution >= 4 is 0 Å². The molecule has 3 nitrogen and oxygen atoms in total. The summed E-state index contributed by atoms with van der Waals surface area (Å²) in [7, 11) is 0. The van der Waals surface area contributed by atoms with Gasteiger partial charge in [0, 0.05) is 18.3 Å². The number of aromatic nitrogens is 2. The van der Waals surface area contributed by atoms with Gasteiger partial charge in [-0.25, -0.2) is 0 Å². The summed E-state index contributed by atoms with van der Waals surface area (Å²) in [4.78, 5) is 0.